The Hall–Kier alpha value is -3.86. The summed E-state index contributed by atoms with van der Waals surface area (Å²) in [4.78, 5) is 0. The monoisotopic (exact) mass is 923 g/mol. The molecule has 67 heavy (non-hydrogen) atoms. The van der Waals surface area contributed by atoms with Crippen LogP contribution in [0.15, 0.2) is 54.6 Å². The molecule has 0 fully saturated rings. The van der Waals surface area contributed by atoms with Crippen molar-refractivity contribution >= 4 is 18.2 Å². The molecule has 3 rings (SSSR count). The second-order valence-corrected chi connectivity index (χ2v) is 19.2. The predicted molar refractivity (Wildman–Crippen MR) is 291 cm³/mol. The summed E-state index contributed by atoms with van der Waals surface area (Å²) < 4.78 is 32.5. The minimum atomic E-state index is 0.380. The third-order valence-corrected chi connectivity index (χ3v) is 13.0. The molecular formula is C62H98O5. The molecule has 0 spiro atoms. The van der Waals surface area contributed by atoms with Crippen LogP contribution in [0.4, 0.5) is 0 Å². The first-order valence-electron chi connectivity index (χ1n) is 27.8. The number of unbranched alkanes of at least 4 members (excludes halogenated alkanes) is 27. The number of methoxy groups -OCH3 is 1. The molecule has 0 aliphatic carbocycles. The second-order valence-electron chi connectivity index (χ2n) is 19.2. The van der Waals surface area contributed by atoms with Gasteiger partial charge in [0.1, 0.15) is 18.1 Å². The van der Waals surface area contributed by atoms with Crippen LogP contribution in [0.3, 0.4) is 0 Å². The maximum Gasteiger partial charge on any atom is 0.203 e. The molecule has 0 radical (unpaired) electrons. The molecular weight excluding hydrogens is 825 g/mol. The Morgan fingerprint density at radius 3 is 1.18 bits per heavy atom. The highest BCUT2D eigenvalue weighted by Crippen LogP contribution is 2.40. The van der Waals surface area contributed by atoms with Crippen LogP contribution in [0, 0.1) is 6.92 Å². The van der Waals surface area contributed by atoms with Crippen LogP contribution in [0.25, 0.3) is 18.2 Å². The van der Waals surface area contributed by atoms with Gasteiger partial charge in [0.25, 0.3) is 0 Å². The summed E-state index contributed by atoms with van der Waals surface area (Å²) in [7, 11) is 1.73. The van der Waals surface area contributed by atoms with Gasteiger partial charge in [-0.2, -0.15) is 0 Å². The van der Waals surface area contributed by atoms with E-state index in [1.54, 1.807) is 7.11 Å². The van der Waals surface area contributed by atoms with Crippen LogP contribution in [0.5, 0.6) is 28.7 Å². The van der Waals surface area contributed by atoms with Crippen LogP contribution in [0.2, 0.25) is 0 Å². The first-order valence-corrected chi connectivity index (χ1v) is 27.8. The third kappa shape index (κ3) is 26.5. The average Bonchev–Trinajstić information content (AvgIpc) is 3.34. The van der Waals surface area contributed by atoms with Crippen LogP contribution in [-0.4, -0.2) is 26.9 Å². The molecule has 0 atom stereocenters. The van der Waals surface area contributed by atoms with Gasteiger partial charge in [-0.25, -0.2) is 0 Å². The molecule has 0 unspecified atom stereocenters. The highest BCUT2D eigenvalue weighted by Gasteiger charge is 2.18. The lowest BCUT2D eigenvalue weighted by atomic mass is 10.1. The minimum Gasteiger partial charge on any atom is -0.496 e. The summed E-state index contributed by atoms with van der Waals surface area (Å²) in [6.45, 7) is 13.4. The topological polar surface area (TPSA) is 46.2 Å². The molecule has 0 saturated carbocycles. The summed E-state index contributed by atoms with van der Waals surface area (Å²) in [6.07, 6.45) is 47.3. The fraction of sp³-hybridized carbons (Fsp3) is 0.645. The zero-order valence-corrected chi connectivity index (χ0v) is 44.0. The van der Waals surface area contributed by atoms with Gasteiger partial charge in [0.05, 0.1) is 26.9 Å². The molecule has 0 amide bonds. The van der Waals surface area contributed by atoms with Gasteiger partial charge >= 0.3 is 0 Å². The van der Waals surface area contributed by atoms with Crippen molar-refractivity contribution in [1.29, 1.82) is 0 Å². The van der Waals surface area contributed by atoms with E-state index in [0.717, 1.165) is 70.3 Å². The van der Waals surface area contributed by atoms with E-state index in [1.165, 1.54) is 179 Å². The van der Waals surface area contributed by atoms with Crippen LogP contribution in [-0.2, 0) is 6.61 Å². The van der Waals surface area contributed by atoms with Crippen molar-refractivity contribution in [1.82, 2.24) is 0 Å². The minimum absolute atomic E-state index is 0.380. The zero-order valence-electron chi connectivity index (χ0n) is 44.0. The number of hydrogen-bond acceptors (Lipinski definition) is 5. The van der Waals surface area contributed by atoms with Crippen molar-refractivity contribution in [3.05, 3.63) is 82.4 Å². The van der Waals surface area contributed by atoms with Crippen molar-refractivity contribution in [2.24, 2.45) is 0 Å². The van der Waals surface area contributed by atoms with Gasteiger partial charge in [-0.1, -0.05) is 243 Å². The van der Waals surface area contributed by atoms with E-state index in [-0.39, 0.29) is 0 Å². The molecule has 0 heterocycles. The van der Waals surface area contributed by atoms with Gasteiger partial charge < -0.3 is 23.7 Å². The Balaban J connectivity index is 1.76. The summed E-state index contributed by atoms with van der Waals surface area (Å²) in [6, 6.07) is 17.0. The van der Waals surface area contributed by atoms with Gasteiger partial charge in [-0.15, -0.1) is 0 Å². The molecule has 376 valence electrons. The molecule has 0 saturated heterocycles. The number of ether oxygens (including phenoxy) is 5. The summed E-state index contributed by atoms with van der Waals surface area (Å²) in [5, 5.41) is 0. The Kier molecular flexibility index (Phi) is 33.5. The Morgan fingerprint density at radius 2 is 0.776 bits per heavy atom. The van der Waals surface area contributed by atoms with E-state index in [2.05, 4.69) is 101 Å². The SMILES string of the molecule is C/C=C/c1ccc(/C=C/c2cc(OCc3cc(OCCCCCCCCCCCC)c(OCCCCCCCCCCCC)c(OCCCCCCCCCCCC)c3)c(C)cc2OC)cc1. The molecule has 3 aromatic rings. The molecule has 0 bridgehead atoms. The molecule has 0 aromatic heterocycles. The maximum absolute atomic E-state index is 6.69. The maximum atomic E-state index is 6.69. The summed E-state index contributed by atoms with van der Waals surface area (Å²) in [5.41, 5.74) is 5.32. The zero-order chi connectivity index (χ0) is 47.8. The summed E-state index contributed by atoms with van der Waals surface area (Å²) in [5.74, 6) is 3.95. The van der Waals surface area contributed by atoms with E-state index < -0.39 is 0 Å². The molecule has 0 aliphatic heterocycles. The van der Waals surface area contributed by atoms with Gasteiger partial charge in [0.15, 0.2) is 11.5 Å². The lowest BCUT2D eigenvalue weighted by Gasteiger charge is -2.20. The predicted octanol–water partition coefficient (Wildman–Crippen LogP) is 19.7. The number of allylic oxidation sites excluding steroid dienone is 1. The second kappa shape index (κ2) is 39.0. The van der Waals surface area contributed by atoms with Crippen molar-refractivity contribution < 1.29 is 23.7 Å². The average molecular weight is 923 g/mol. The quantitative estimate of drug-likeness (QED) is 0.0418. The molecule has 5 nitrogen and oxygen atoms in total. The van der Waals surface area contributed by atoms with E-state index in [1.807, 2.05) is 6.92 Å². The van der Waals surface area contributed by atoms with Gasteiger partial charge in [0.2, 0.25) is 5.75 Å². The van der Waals surface area contributed by atoms with Crippen LogP contribution < -0.4 is 23.7 Å². The van der Waals surface area contributed by atoms with Crippen LogP contribution >= 0.6 is 0 Å². The van der Waals surface area contributed by atoms with E-state index >= 15 is 0 Å². The number of aryl methyl sites for hydroxylation is 1. The van der Waals surface area contributed by atoms with Crippen molar-refractivity contribution in [3.8, 4) is 28.7 Å². The number of benzene rings is 3. The fourth-order valence-corrected chi connectivity index (χ4v) is 8.78. The number of rotatable bonds is 43. The molecule has 5 heteroatoms. The third-order valence-electron chi connectivity index (χ3n) is 13.0. The van der Waals surface area contributed by atoms with Crippen LogP contribution in [0.1, 0.15) is 248 Å². The first kappa shape index (κ1) is 57.5. The van der Waals surface area contributed by atoms with E-state index in [0.29, 0.717) is 26.4 Å². The largest absolute Gasteiger partial charge is 0.496 e. The summed E-state index contributed by atoms with van der Waals surface area (Å²) >= 11 is 0. The normalized spacial score (nSPS) is 11.6. The standard InChI is InChI=1S/C62H98O5/c1-7-11-14-17-20-23-26-29-32-35-45-64-60-49-56(52-67-58-51-57(59(63-6)48-53(58)5)44-43-55-41-39-54(38-10-4)40-42-55)50-61(65-46-36-33-30-27-24-21-18-15-12-8-2)62(60)66-47-37-34-31-28-25-22-19-16-13-9-3/h10,38-44,48-51H,7-9,11-37,45-47,52H2,1-6H3/b38-10+,44-43+. The Bertz CT molecular complexity index is 1660. The molecule has 0 N–H and O–H groups in total. The van der Waals surface area contributed by atoms with Gasteiger partial charge in [-0.3, -0.25) is 0 Å². The van der Waals surface area contributed by atoms with E-state index in [9.17, 15) is 0 Å². The van der Waals surface area contributed by atoms with Crippen molar-refractivity contribution in [2.75, 3.05) is 26.9 Å². The van der Waals surface area contributed by atoms with E-state index in [4.69, 9.17) is 23.7 Å². The molecule has 0 aliphatic rings. The first-order chi connectivity index (χ1) is 33.0. The van der Waals surface area contributed by atoms with Crippen molar-refractivity contribution in [3.63, 3.8) is 0 Å². The Labute approximate surface area is 412 Å². The van der Waals surface area contributed by atoms with Crippen molar-refractivity contribution in [2.45, 2.75) is 234 Å². The van der Waals surface area contributed by atoms with Gasteiger partial charge in [-0.05, 0) is 79.6 Å². The highest BCUT2D eigenvalue weighted by atomic mass is 16.5. The fourth-order valence-electron chi connectivity index (χ4n) is 8.78. The molecule has 3 aromatic carbocycles. The number of hydrogen-bond donors (Lipinski definition) is 0. The van der Waals surface area contributed by atoms with Gasteiger partial charge in [0, 0.05) is 5.56 Å². The lowest BCUT2D eigenvalue weighted by Crippen LogP contribution is -2.08. The smallest absolute Gasteiger partial charge is 0.203 e. The lowest BCUT2D eigenvalue weighted by molar-refractivity contribution is 0.232. The Morgan fingerprint density at radius 1 is 0.388 bits per heavy atom. The highest BCUT2D eigenvalue weighted by molar-refractivity contribution is 5.74.